The van der Waals surface area contributed by atoms with Gasteiger partial charge in [0.1, 0.15) is 12.4 Å². The van der Waals surface area contributed by atoms with E-state index in [9.17, 15) is 9.59 Å². The van der Waals surface area contributed by atoms with Gasteiger partial charge in [-0.15, -0.1) is 0 Å². The molecule has 0 fully saturated rings. The van der Waals surface area contributed by atoms with Crippen molar-refractivity contribution < 1.29 is 14.7 Å². The van der Waals surface area contributed by atoms with Crippen molar-refractivity contribution >= 4 is 12.2 Å². The van der Waals surface area contributed by atoms with E-state index in [2.05, 4.69) is 0 Å². The van der Waals surface area contributed by atoms with E-state index in [1.54, 1.807) is 0 Å². The number of carbonyl (C=O) groups is 2. The van der Waals surface area contributed by atoms with Crippen LogP contribution in [0.4, 0.5) is 0 Å². The Kier molecular flexibility index (Phi) is 3.64. The molecule has 0 aromatic heterocycles. The van der Waals surface area contributed by atoms with Crippen molar-refractivity contribution in [3.63, 3.8) is 0 Å². The topological polar surface area (TPSA) is 57.6 Å². The molecule has 4 heteroatoms. The maximum absolute atomic E-state index is 10.7. The predicted octanol–water partition coefficient (Wildman–Crippen LogP) is -0.976. The number of carbonyl (C=O) groups excluding carboxylic acids is 2. The van der Waals surface area contributed by atoms with Crippen molar-refractivity contribution in [2.45, 2.75) is 12.5 Å². The van der Waals surface area contributed by atoms with Crippen molar-refractivity contribution in [2.24, 2.45) is 0 Å². The number of aliphatic hydroxyl groups excluding tert-OH is 1. The fourth-order valence-electron chi connectivity index (χ4n) is 0.490. The molecule has 10 heavy (non-hydrogen) atoms. The Morgan fingerprint density at radius 1 is 1.70 bits per heavy atom. The molecular weight excluding hydrogens is 134 g/mol. The van der Waals surface area contributed by atoms with Crippen molar-refractivity contribution in [1.29, 1.82) is 0 Å². The SMILES string of the molecule is CN(C)C(=O)C(O)CC=O. The second-order valence-corrected chi connectivity index (χ2v) is 2.15. The minimum absolute atomic E-state index is 0.128. The van der Waals surface area contributed by atoms with E-state index in [0.29, 0.717) is 6.29 Å². The molecule has 0 aromatic carbocycles. The van der Waals surface area contributed by atoms with Crippen LogP contribution < -0.4 is 0 Å². The van der Waals surface area contributed by atoms with Gasteiger partial charge in [0, 0.05) is 20.5 Å². The van der Waals surface area contributed by atoms with Crippen molar-refractivity contribution in [3.8, 4) is 0 Å². The standard InChI is InChI=1S/C6H11NO3/c1-7(2)6(10)5(9)3-4-8/h4-5,9H,3H2,1-2H3. The van der Waals surface area contributed by atoms with Gasteiger partial charge in [0.25, 0.3) is 5.91 Å². The summed E-state index contributed by atoms with van der Waals surface area (Å²) in [5.74, 6) is -0.438. The number of likely N-dealkylation sites (N-methyl/N-ethyl adjacent to an activating group) is 1. The van der Waals surface area contributed by atoms with Gasteiger partial charge in [0.2, 0.25) is 0 Å². The van der Waals surface area contributed by atoms with Crippen LogP contribution in [0.25, 0.3) is 0 Å². The van der Waals surface area contributed by atoms with Crippen LogP contribution in [0.5, 0.6) is 0 Å². The summed E-state index contributed by atoms with van der Waals surface area (Å²) in [7, 11) is 3.05. The lowest BCUT2D eigenvalue weighted by Crippen LogP contribution is -2.33. The quantitative estimate of drug-likeness (QED) is 0.519. The summed E-state index contributed by atoms with van der Waals surface area (Å²) in [6, 6.07) is 0. The molecule has 0 saturated carbocycles. The van der Waals surface area contributed by atoms with Crippen LogP contribution in [-0.4, -0.2) is 42.4 Å². The number of amides is 1. The second-order valence-electron chi connectivity index (χ2n) is 2.15. The van der Waals surface area contributed by atoms with Crippen molar-refractivity contribution in [2.75, 3.05) is 14.1 Å². The molecule has 58 valence electrons. The zero-order valence-corrected chi connectivity index (χ0v) is 6.07. The summed E-state index contributed by atoms with van der Waals surface area (Å²) >= 11 is 0. The minimum Gasteiger partial charge on any atom is -0.383 e. The molecule has 1 unspecified atom stereocenters. The highest BCUT2D eigenvalue weighted by Crippen LogP contribution is 1.91. The predicted molar refractivity (Wildman–Crippen MR) is 35.4 cm³/mol. The average molecular weight is 145 g/mol. The largest absolute Gasteiger partial charge is 0.383 e. The molecule has 0 saturated heterocycles. The Morgan fingerprint density at radius 2 is 2.20 bits per heavy atom. The Labute approximate surface area is 59.4 Å². The van der Waals surface area contributed by atoms with E-state index in [1.165, 1.54) is 19.0 Å². The number of nitrogens with zero attached hydrogens (tertiary/aromatic N) is 1. The second kappa shape index (κ2) is 4.00. The summed E-state index contributed by atoms with van der Waals surface area (Å²) in [5, 5.41) is 8.87. The number of aldehydes is 1. The van der Waals surface area contributed by atoms with Crippen LogP contribution in [-0.2, 0) is 9.59 Å². The van der Waals surface area contributed by atoms with Gasteiger partial charge >= 0.3 is 0 Å². The van der Waals surface area contributed by atoms with Gasteiger partial charge in [0.15, 0.2) is 0 Å². The summed E-state index contributed by atoms with van der Waals surface area (Å²) in [6.45, 7) is 0. The third-order valence-electron chi connectivity index (χ3n) is 1.05. The smallest absolute Gasteiger partial charge is 0.251 e. The van der Waals surface area contributed by atoms with Gasteiger partial charge < -0.3 is 14.8 Å². The highest BCUT2D eigenvalue weighted by Gasteiger charge is 2.15. The van der Waals surface area contributed by atoms with Crippen LogP contribution >= 0.6 is 0 Å². The number of hydrogen-bond donors (Lipinski definition) is 1. The van der Waals surface area contributed by atoms with Gasteiger partial charge in [-0.05, 0) is 0 Å². The Morgan fingerprint density at radius 3 is 2.50 bits per heavy atom. The molecule has 1 amide bonds. The van der Waals surface area contributed by atoms with E-state index >= 15 is 0 Å². The lowest BCUT2D eigenvalue weighted by Gasteiger charge is -2.12. The molecule has 0 rings (SSSR count). The van der Waals surface area contributed by atoms with Crippen LogP contribution in [0.15, 0.2) is 0 Å². The van der Waals surface area contributed by atoms with E-state index in [-0.39, 0.29) is 6.42 Å². The van der Waals surface area contributed by atoms with Gasteiger partial charge in [-0.3, -0.25) is 4.79 Å². The van der Waals surface area contributed by atoms with Crippen LogP contribution in [0, 0.1) is 0 Å². The molecular formula is C6H11NO3. The van der Waals surface area contributed by atoms with Gasteiger partial charge in [-0.1, -0.05) is 0 Å². The maximum atomic E-state index is 10.7. The van der Waals surface area contributed by atoms with Gasteiger partial charge in [-0.2, -0.15) is 0 Å². The van der Waals surface area contributed by atoms with Gasteiger partial charge in [-0.25, -0.2) is 0 Å². The molecule has 4 nitrogen and oxygen atoms in total. The molecule has 0 radical (unpaired) electrons. The Balaban J connectivity index is 3.81. The number of aliphatic hydroxyl groups is 1. The molecule has 0 aliphatic heterocycles. The van der Waals surface area contributed by atoms with Crippen LogP contribution in [0.1, 0.15) is 6.42 Å². The zero-order chi connectivity index (χ0) is 8.15. The van der Waals surface area contributed by atoms with Crippen LogP contribution in [0.3, 0.4) is 0 Å². The monoisotopic (exact) mass is 145 g/mol. The normalized spacial score (nSPS) is 12.3. The van der Waals surface area contributed by atoms with E-state index < -0.39 is 12.0 Å². The molecule has 0 bridgehead atoms. The number of hydrogen-bond acceptors (Lipinski definition) is 3. The summed E-state index contributed by atoms with van der Waals surface area (Å²) < 4.78 is 0. The highest BCUT2D eigenvalue weighted by atomic mass is 16.3. The lowest BCUT2D eigenvalue weighted by molar-refractivity contribution is -0.139. The summed E-state index contributed by atoms with van der Waals surface area (Å²) in [6.07, 6.45) is -0.782. The summed E-state index contributed by atoms with van der Waals surface area (Å²) in [5.41, 5.74) is 0. The number of rotatable bonds is 3. The molecule has 0 aliphatic carbocycles. The lowest BCUT2D eigenvalue weighted by atomic mass is 10.2. The average Bonchev–Trinajstić information content (AvgIpc) is 1.87. The van der Waals surface area contributed by atoms with Crippen LogP contribution in [0.2, 0.25) is 0 Å². The summed E-state index contributed by atoms with van der Waals surface area (Å²) in [4.78, 5) is 21.8. The third-order valence-corrected chi connectivity index (χ3v) is 1.05. The van der Waals surface area contributed by atoms with Gasteiger partial charge in [0.05, 0.1) is 0 Å². The highest BCUT2D eigenvalue weighted by molar-refractivity contribution is 5.82. The zero-order valence-electron chi connectivity index (χ0n) is 6.07. The molecule has 0 heterocycles. The van der Waals surface area contributed by atoms with Crippen molar-refractivity contribution in [1.82, 2.24) is 4.90 Å². The first-order valence-corrected chi connectivity index (χ1v) is 2.92. The third kappa shape index (κ3) is 2.59. The molecule has 0 aromatic rings. The fraction of sp³-hybridized carbons (Fsp3) is 0.667. The Bertz CT molecular complexity index is 133. The minimum atomic E-state index is -1.17. The van der Waals surface area contributed by atoms with E-state index in [4.69, 9.17) is 5.11 Å². The first-order chi connectivity index (χ1) is 4.59. The molecule has 0 aliphatic rings. The first-order valence-electron chi connectivity index (χ1n) is 2.92. The van der Waals surface area contributed by atoms with E-state index in [1.807, 2.05) is 0 Å². The van der Waals surface area contributed by atoms with E-state index in [0.717, 1.165) is 0 Å². The molecule has 1 atom stereocenters. The Hall–Kier alpha value is -0.900. The molecule has 1 N–H and O–H groups in total. The van der Waals surface area contributed by atoms with Crippen molar-refractivity contribution in [3.05, 3.63) is 0 Å². The first kappa shape index (κ1) is 9.10. The molecule has 0 spiro atoms. The fourth-order valence-corrected chi connectivity index (χ4v) is 0.490. The maximum Gasteiger partial charge on any atom is 0.251 e.